The average molecular weight is 998 g/mol. The van der Waals surface area contributed by atoms with Gasteiger partial charge in [-0.2, -0.15) is 17.0 Å². The fourth-order valence-corrected chi connectivity index (χ4v) is 10.4. The van der Waals surface area contributed by atoms with Crippen LogP contribution in [0.3, 0.4) is 0 Å². The van der Waals surface area contributed by atoms with E-state index in [9.17, 15) is 24.0 Å². The highest BCUT2D eigenvalue weighted by molar-refractivity contribution is 8.00. The maximum atomic E-state index is 13.3. The Labute approximate surface area is 419 Å². The molecule has 0 bridgehead atoms. The van der Waals surface area contributed by atoms with Crippen molar-refractivity contribution in [1.29, 1.82) is 5.26 Å². The minimum Gasteiger partial charge on any atom is -0.490 e. The van der Waals surface area contributed by atoms with Crippen molar-refractivity contribution in [3.8, 4) is 11.8 Å². The number of piperidine rings is 2. The Hall–Kier alpha value is -5.82. The lowest BCUT2D eigenvalue weighted by molar-refractivity contribution is -0.121. The number of anilines is 1. The first kappa shape index (κ1) is 53.0. The van der Waals surface area contributed by atoms with Crippen LogP contribution in [-0.4, -0.2) is 165 Å². The summed E-state index contributed by atoms with van der Waals surface area (Å²) in [5, 5.41) is 24.2. The highest BCUT2D eigenvalue weighted by atomic mass is 32.2. The van der Waals surface area contributed by atoms with Crippen LogP contribution >= 0.6 is 11.8 Å². The Bertz CT molecular complexity index is 2220. The topological polar surface area (TPSA) is 235 Å². The van der Waals surface area contributed by atoms with Crippen LogP contribution in [0, 0.1) is 11.3 Å². The number of amides is 6. The van der Waals surface area contributed by atoms with Gasteiger partial charge in [0, 0.05) is 87.5 Å². The first-order valence-corrected chi connectivity index (χ1v) is 25.8. The Morgan fingerprint density at radius 3 is 2.14 bits per heavy atom. The zero-order chi connectivity index (χ0) is 49.6. The third-order valence-corrected chi connectivity index (χ3v) is 14.3. The van der Waals surface area contributed by atoms with Gasteiger partial charge >= 0.3 is 6.03 Å². The van der Waals surface area contributed by atoms with E-state index in [2.05, 4.69) is 42.5 Å². The highest BCUT2D eigenvalue weighted by Gasteiger charge is 2.42. The number of pyridine rings is 1. The molecule has 0 aliphatic carbocycles. The Morgan fingerprint density at radius 2 is 1.46 bits per heavy atom. The fraction of sp³-hybridized carbons (Fsp3) is 0.549. The van der Waals surface area contributed by atoms with Crippen LogP contribution in [0.25, 0.3) is 0 Å². The molecular weight excluding hydrogens is 931 g/mol. The minimum atomic E-state index is -0.198. The predicted octanol–water partition coefficient (Wildman–Crippen LogP) is 3.88. The van der Waals surface area contributed by atoms with Gasteiger partial charge in [-0.1, -0.05) is 12.1 Å². The van der Waals surface area contributed by atoms with Crippen LogP contribution < -0.4 is 31.3 Å². The van der Waals surface area contributed by atoms with E-state index in [4.69, 9.17) is 28.9 Å². The van der Waals surface area contributed by atoms with Gasteiger partial charge in [-0.05, 0) is 79.8 Å². The lowest BCUT2D eigenvalue weighted by Crippen LogP contribution is -2.44. The van der Waals surface area contributed by atoms with Gasteiger partial charge in [-0.15, -0.1) is 0 Å². The number of benzene rings is 2. The van der Waals surface area contributed by atoms with Crippen LogP contribution in [0.1, 0.15) is 83.3 Å². The maximum absolute atomic E-state index is 13.3. The smallest absolute Gasteiger partial charge is 0.315 e. The van der Waals surface area contributed by atoms with E-state index in [1.54, 1.807) is 29.2 Å². The summed E-state index contributed by atoms with van der Waals surface area (Å²) in [6.45, 7) is 7.06. The third kappa shape index (κ3) is 17.5. The second-order valence-corrected chi connectivity index (χ2v) is 19.3. The minimum absolute atomic E-state index is 0.00419. The molecule has 3 aromatic rings. The quantitative estimate of drug-likeness (QED) is 0.0539. The molecule has 0 radical (unpaired) electrons. The summed E-state index contributed by atoms with van der Waals surface area (Å²) >= 11 is 1.85. The molecule has 0 unspecified atom stereocenters. The number of thioether (sulfide) groups is 1. The summed E-state index contributed by atoms with van der Waals surface area (Å²) in [6.07, 6.45) is 6.72. The van der Waals surface area contributed by atoms with Gasteiger partial charge in [0.15, 0.2) is 0 Å². The van der Waals surface area contributed by atoms with Crippen molar-refractivity contribution in [3.63, 3.8) is 0 Å². The van der Waals surface area contributed by atoms with E-state index in [0.717, 1.165) is 56.6 Å². The highest BCUT2D eigenvalue weighted by Crippen LogP contribution is 2.33. The van der Waals surface area contributed by atoms with E-state index >= 15 is 0 Å². The van der Waals surface area contributed by atoms with Gasteiger partial charge in [0.2, 0.25) is 11.8 Å². The lowest BCUT2D eigenvalue weighted by atomic mass is 10.0. The Kier molecular flexibility index (Phi) is 21.1. The molecule has 5 N–H and O–H groups in total. The number of hydrogen-bond donors (Lipinski definition) is 5. The van der Waals surface area contributed by atoms with Crippen LogP contribution in [-0.2, 0) is 35.1 Å². The monoisotopic (exact) mass is 997 g/mol. The van der Waals surface area contributed by atoms with Crippen molar-refractivity contribution in [1.82, 2.24) is 36.1 Å². The number of nitrogens with zero attached hydrogens (tertiary/aromatic N) is 4. The van der Waals surface area contributed by atoms with E-state index in [0.29, 0.717) is 119 Å². The number of nitrogens with one attached hydrogen (secondary N) is 5. The molecule has 19 nitrogen and oxygen atoms in total. The van der Waals surface area contributed by atoms with Gasteiger partial charge in [-0.25, -0.2) is 4.79 Å². The molecule has 7 rings (SSSR count). The van der Waals surface area contributed by atoms with E-state index in [1.165, 1.54) is 6.20 Å². The number of carbonyl (C=O) groups is 5. The second-order valence-electron chi connectivity index (χ2n) is 18.0. The van der Waals surface area contributed by atoms with Gasteiger partial charge in [0.1, 0.15) is 17.5 Å². The van der Waals surface area contributed by atoms with Crippen molar-refractivity contribution < 1.29 is 47.7 Å². The molecule has 4 aliphatic heterocycles. The number of fused-ring (bicyclic) bond motifs is 1. The molecule has 6 amide bonds. The summed E-state index contributed by atoms with van der Waals surface area (Å²) in [6, 6.07) is 20.6. The number of nitriles is 1. The van der Waals surface area contributed by atoms with Gasteiger partial charge < -0.3 is 55.2 Å². The van der Waals surface area contributed by atoms with E-state index in [1.807, 2.05) is 48.2 Å². The zero-order valence-corrected chi connectivity index (χ0v) is 41.1. The molecule has 3 atom stereocenters. The summed E-state index contributed by atoms with van der Waals surface area (Å²) < 4.78 is 28.3. The molecule has 4 fully saturated rings. The average Bonchev–Trinajstić information content (AvgIpc) is 3.95. The molecule has 20 heteroatoms. The summed E-state index contributed by atoms with van der Waals surface area (Å²) in [5.41, 5.74) is 3.18. The first-order chi connectivity index (χ1) is 34.7. The van der Waals surface area contributed by atoms with E-state index in [-0.39, 0.29) is 66.9 Å². The van der Waals surface area contributed by atoms with Crippen LogP contribution in [0.5, 0.6) is 5.75 Å². The number of likely N-dealkylation sites (tertiary alicyclic amines) is 2. The van der Waals surface area contributed by atoms with Gasteiger partial charge in [-0.3, -0.25) is 29.1 Å². The Balaban J connectivity index is 0.646. The first-order valence-electron chi connectivity index (χ1n) is 24.8. The largest absolute Gasteiger partial charge is 0.490 e. The fourth-order valence-electron chi connectivity index (χ4n) is 8.86. The number of urea groups is 1. The lowest BCUT2D eigenvalue weighted by Gasteiger charge is -2.32. The van der Waals surface area contributed by atoms with Gasteiger partial charge in [0.25, 0.3) is 11.8 Å². The predicted molar refractivity (Wildman–Crippen MR) is 266 cm³/mol. The number of rotatable bonds is 27. The Morgan fingerprint density at radius 1 is 0.775 bits per heavy atom. The maximum Gasteiger partial charge on any atom is 0.315 e. The van der Waals surface area contributed by atoms with Crippen LogP contribution in [0.15, 0.2) is 66.9 Å². The number of carbonyl (C=O) groups excluding carboxylic acids is 5. The van der Waals surface area contributed by atoms with Crippen LogP contribution in [0.4, 0.5) is 10.5 Å². The van der Waals surface area contributed by atoms with E-state index < -0.39 is 0 Å². The SMILES string of the molecule is N#Cc1ccc(CN2CCC(NC(=O)c3ccc(C(=O)N4CCC(Oc5ccc(NC(=O)CCOCCOCCOCCOCCNC(=O)CCC[C@@H]6SC[C@@H]7NC(=O)N[C@@H]76)cc5)CC4)nc3)CC2)cc1. The molecule has 2 aromatic carbocycles. The van der Waals surface area contributed by atoms with Crippen LogP contribution in [0.2, 0.25) is 0 Å². The van der Waals surface area contributed by atoms with Gasteiger partial charge in [0.05, 0.1) is 88.6 Å². The number of ether oxygens (including phenoxy) is 5. The third-order valence-electron chi connectivity index (χ3n) is 12.8. The number of aromatic nitrogens is 1. The number of hydrogen-bond acceptors (Lipinski definition) is 14. The van der Waals surface area contributed by atoms with Crippen molar-refractivity contribution in [2.75, 3.05) is 96.6 Å². The molecule has 1 aromatic heterocycles. The summed E-state index contributed by atoms with van der Waals surface area (Å²) in [7, 11) is 0. The van der Waals surface area contributed by atoms with Crippen molar-refractivity contribution in [2.45, 2.75) is 87.4 Å². The summed E-state index contributed by atoms with van der Waals surface area (Å²) in [5.74, 6) is 1.05. The second kappa shape index (κ2) is 28.3. The molecule has 5 heterocycles. The molecular formula is C51H67N9O10S. The summed E-state index contributed by atoms with van der Waals surface area (Å²) in [4.78, 5) is 70.9. The van der Waals surface area contributed by atoms with Crippen molar-refractivity contribution >= 4 is 47.1 Å². The molecule has 71 heavy (non-hydrogen) atoms. The zero-order valence-electron chi connectivity index (χ0n) is 40.3. The molecule has 4 saturated heterocycles. The molecule has 0 spiro atoms. The molecule has 0 saturated carbocycles. The van der Waals surface area contributed by atoms with Crippen molar-refractivity contribution in [3.05, 3.63) is 89.2 Å². The van der Waals surface area contributed by atoms with Crippen molar-refractivity contribution in [2.24, 2.45) is 0 Å². The molecule has 382 valence electrons. The normalized spacial score (nSPS) is 19.3. The standard InChI is InChI=1S/C51H67N9O10S/c52-32-36-4-6-37(7-5-36)34-59-20-14-40(15-21-59)56-49(63)38-8-13-43(54-33-38)50(64)60-22-16-42(17-23-60)70-41-11-9-39(10-12-41)55-47(62)18-24-66-26-28-68-30-31-69-29-27-67-25-19-53-46(61)3-1-2-45-48-44(35-71-45)57-51(65)58-48/h4-13,33,40,42,44-45,48H,1-3,14-31,34-35H2,(H,53,61)(H,55,62)(H,56,63)(H2,57,58,65)/t44-,45-,48-/m0/s1. The molecule has 4 aliphatic rings.